The maximum atomic E-state index is 12.9. The van der Waals surface area contributed by atoms with Crippen molar-refractivity contribution >= 4 is 22.6 Å². The highest BCUT2D eigenvalue weighted by atomic mass is 16.5. The van der Waals surface area contributed by atoms with Gasteiger partial charge in [-0.1, -0.05) is 24.3 Å². The van der Waals surface area contributed by atoms with Crippen LogP contribution in [0.5, 0.6) is 0 Å². The molecule has 0 radical (unpaired) electrons. The molecule has 1 N–H and O–H groups in total. The topological polar surface area (TPSA) is 71.5 Å². The molecule has 3 rings (SSSR count). The van der Waals surface area contributed by atoms with Gasteiger partial charge < -0.3 is 15.0 Å². The number of amides is 2. The van der Waals surface area contributed by atoms with Crippen LogP contribution in [0.15, 0.2) is 36.5 Å². The van der Waals surface area contributed by atoms with Crippen molar-refractivity contribution in [3.8, 4) is 0 Å². The fourth-order valence-electron chi connectivity index (χ4n) is 2.88. The number of hydrogen-bond acceptors (Lipinski definition) is 4. The number of ether oxygens (including phenoxy) is 1. The van der Waals surface area contributed by atoms with E-state index in [1.54, 1.807) is 25.1 Å². The van der Waals surface area contributed by atoms with Crippen molar-refractivity contribution in [1.29, 1.82) is 0 Å². The number of hydrogen-bond donors (Lipinski definition) is 1. The van der Waals surface area contributed by atoms with E-state index in [9.17, 15) is 9.59 Å². The molecule has 23 heavy (non-hydrogen) atoms. The number of morpholine rings is 1. The van der Waals surface area contributed by atoms with E-state index >= 15 is 0 Å². The van der Waals surface area contributed by atoms with Gasteiger partial charge in [-0.3, -0.25) is 14.6 Å². The lowest BCUT2D eigenvalue weighted by molar-refractivity contribution is -0.153. The van der Waals surface area contributed by atoms with Gasteiger partial charge in [0.05, 0.1) is 13.2 Å². The minimum absolute atomic E-state index is 0.180. The Balaban J connectivity index is 1.92. The van der Waals surface area contributed by atoms with Crippen LogP contribution in [0.1, 0.15) is 17.4 Å². The second-order valence-electron chi connectivity index (χ2n) is 5.77. The molecule has 0 spiro atoms. The summed E-state index contributed by atoms with van der Waals surface area (Å²) < 4.78 is 5.60. The fraction of sp³-hybridized carbons (Fsp3) is 0.353. The minimum Gasteiger partial charge on any atom is -0.362 e. The third-order valence-electron chi connectivity index (χ3n) is 4.15. The Morgan fingerprint density at radius 1 is 1.30 bits per heavy atom. The average molecular weight is 313 g/mol. The molecule has 1 saturated heterocycles. The van der Waals surface area contributed by atoms with Crippen LogP contribution >= 0.6 is 0 Å². The van der Waals surface area contributed by atoms with Crippen LogP contribution in [-0.4, -0.2) is 54.0 Å². The lowest BCUT2D eigenvalue weighted by Gasteiger charge is -2.38. The molecule has 1 unspecified atom stereocenters. The first-order valence-corrected chi connectivity index (χ1v) is 7.54. The molecule has 1 fully saturated rings. The molecule has 0 saturated carbocycles. The Morgan fingerprint density at radius 3 is 2.87 bits per heavy atom. The first-order valence-electron chi connectivity index (χ1n) is 7.54. The van der Waals surface area contributed by atoms with Gasteiger partial charge in [0.15, 0.2) is 5.60 Å². The maximum Gasteiger partial charge on any atom is 0.273 e. The number of benzene rings is 1. The van der Waals surface area contributed by atoms with E-state index in [1.807, 2.05) is 30.3 Å². The molecule has 1 aromatic carbocycles. The molecule has 6 heteroatoms. The van der Waals surface area contributed by atoms with Crippen LogP contribution in [0.25, 0.3) is 10.8 Å². The second-order valence-corrected chi connectivity index (χ2v) is 5.77. The molecule has 1 aromatic heterocycles. The van der Waals surface area contributed by atoms with Crippen LogP contribution in [-0.2, 0) is 9.53 Å². The van der Waals surface area contributed by atoms with Crippen LogP contribution < -0.4 is 5.32 Å². The number of nitrogens with one attached hydrogen (secondary N) is 1. The predicted octanol–water partition coefficient (Wildman–Crippen LogP) is 1.21. The van der Waals surface area contributed by atoms with Gasteiger partial charge in [-0.25, -0.2) is 0 Å². The Labute approximate surface area is 134 Å². The standard InChI is InChI=1S/C17H19N3O3/c1-17(16(22)18-2)11-20(9-10-23-17)15(21)14-13-6-4-3-5-12(13)7-8-19-14/h3-8H,9-11H2,1-2H3,(H,18,22). The number of pyridine rings is 1. The summed E-state index contributed by atoms with van der Waals surface area (Å²) in [4.78, 5) is 30.8. The van der Waals surface area contributed by atoms with E-state index in [0.717, 1.165) is 10.8 Å². The van der Waals surface area contributed by atoms with E-state index in [1.165, 1.54) is 0 Å². The van der Waals surface area contributed by atoms with Gasteiger partial charge in [0, 0.05) is 25.2 Å². The van der Waals surface area contributed by atoms with Gasteiger partial charge in [0.1, 0.15) is 5.69 Å². The molecule has 0 bridgehead atoms. The molecule has 1 aliphatic heterocycles. The zero-order valence-electron chi connectivity index (χ0n) is 13.2. The Hall–Kier alpha value is -2.47. The Bertz CT molecular complexity index is 756. The summed E-state index contributed by atoms with van der Waals surface area (Å²) >= 11 is 0. The Morgan fingerprint density at radius 2 is 2.09 bits per heavy atom. The molecule has 120 valence electrons. The van der Waals surface area contributed by atoms with Gasteiger partial charge in [-0.15, -0.1) is 0 Å². The number of aromatic nitrogens is 1. The monoisotopic (exact) mass is 313 g/mol. The third kappa shape index (κ3) is 2.77. The second kappa shape index (κ2) is 5.96. The SMILES string of the molecule is CNC(=O)C1(C)CN(C(=O)c2nccc3ccccc23)CCO1. The molecule has 2 amide bonds. The summed E-state index contributed by atoms with van der Waals surface area (Å²) in [5.74, 6) is -0.416. The summed E-state index contributed by atoms with van der Waals surface area (Å²) in [6, 6.07) is 9.51. The number of carbonyl (C=O) groups excluding carboxylic acids is 2. The van der Waals surface area contributed by atoms with Crippen molar-refractivity contribution in [2.45, 2.75) is 12.5 Å². The van der Waals surface area contributed by atoms with Gasteiger partial charge in [0.2, 0.25) is 0 Å². The van der Waals surface area contributed by atoms with E-state index in [2.05, 4.69) is 10.3 Å². The number of likely N-dealkylation sites (N-methyl/N-ethyl adjacent to an activating group) is 1. The molecule has 2 aromatic rings. The number of carbonyl (C=O) groups is 2. The highest BCUT2D eigenvalue weighted by molar-refractivity contribution is 6.05. The van der Waals surface area contributed by atoms with Crippen LogP contribution in [0.2, 0.25) is 0 Å². The molecule has 1 atom stereocenters. The Kier molecular flexibility index (Phi) is 4.00. The summed E-state index contributed by atoms with van der Waals surface area (Å²) in [7, 11) is 1.56. The van der Waals surface area contributed by atoms with Crippen molar-refractivity contribution in [2.24, 2.45) is 0 Å². The summed E-state index contributed by atoms with van der Waals surface area (Å²) in [6.45, 7) is 2.66. The summed E-state index contributed by atoms with van der Waals surface area (Å²) in [5, 5.41) is 4.37. The predicted molar refractivity (Wildman–Crippen MR) is 86.1 cm³/mol. The first kappa shape index (κ1) is 15.4. The average Bonchev–Trinajstić information content (AvgIpc) is 2.60. The lowest BCUT2D eigenvalue weighted by Crippen LogP contribution is -2.58. The molecule has 2 heterocycles. The summed E-state index contributed by atoms with van der Waals surface area (Å²) in [5.41, 5.74) is -0.628. The quantitative estimate of drug-likeness (QED) is 0.905. The highest BCUT2D eigenvalue weighted by Crippen LogP contribution is 2.22. The summed E-state index contributed by atoms with van der Waals surface area (Å²) in [6.07, 6.45) is 1.63. The van der Waals surface area contributed by atoms with Crippen molar-refractivity contribution in [1.82, 2.24) is 15.2 Å². The number of nitrogens with zero attached hydrogens (tertiary/aromatic N) is 2. The molecular weight excluding hydrogens is 294 g/mol. The lowest BCUT2D eigenvalue weighted by atomic mass is 10.0. The fourth-order valence-corrected chi connectivity index (χ4v) is 2.88. The number of fused-ring (bicyclic) bond motifs is 1. The first-order chi connectivity index (χ1) is 11.0. The largest absolute Gasteiger partial charge is 0.362 e. The minimum atomic E-state index is -1.03. The molecule has 1 aliphatic rings. The van der Waals surface area contributed by atoms with Crippen molar-refractivity contribution < 1.29 is 14.3 Å². The number of rotatable bonds is 2. The van der Waals surface area contributed by atoms with Gasteiger partial charge in [-0.2, -0.15) is 0 Å². The normalized spacial score (nSPS) is 21.2. The highest BCUT2D eigenvalue weighted by Gasteiger charge is 2.40. The third-order valence-corrected chi connectivity index (χ3v) is 4.15. The zero-order valence-corrected chi connectivity index (χ0v) is 13.2. The van der Waals surface area contributed by atoms with E-state index < -0.39 is 5.60 Å². The van der Waals surface area contributed by atoms with Crippen LogP contribution in [0.4, 0.5) is 0 Å². The zero-order chi connectivity index (χ0) is 16.4. The van der Waals surface area contributed by atoms with Gasteiger partial charge in [-0.05, 0) is 18.4 Å². The van der Waals surface area contributed by atoms with Crippen molar-refractivity contribution in [3.63, 3.8) is 0 Å². The van der Waals surface area contributed by atoms with Crippen LogP contribution in [0, 0.1) is 0 Å². The van der Waals surface area contributed by atoms with Gasteiger partial charge in [0.25, 0.3) is 11.8 Å². The molecule has 0 aliphatic carbocycles. The smallest absolute Gasteiger partial charge is 0.273 e. The molecular formula is C17H19N3O3. The van der Waals surface area contributed by atoms with E-state index in [0.29, 0.717) is 18.8 Å². The van der Waals surface area contributed by atoms with E-state index in [4.69, 9.17) is 4.74 Å². The van der Waals surface area contributed by atoms with E-state index in [-0.39, 0.29) is 18.4 Å². The molecule has 6 nitrogen and oxygen atoms in total. The van der Waals surface area contributed by atoms with Gasteiger partial charge >= 0.3 is 0 Å². The van der Waals surface area contributed by atoms with Crippen molar-refractivity contribution in [3.05, 3.63) is 42.2 Å². The van der Waals surface area contributed by atoms with Crippen molar-refractivity contribution in [2.75, 3.05) is 26.7 Å². The van der Waals surface area contributed by atoms with Crippen LogP contribution in [0.3, 0.4) is 0 Å². The maximum absolute atomic E-state index is 12.9.